The van der Waals surface area contributed by atoms with Crippen LogP contribution in [0.3, 0.4) is 0 Å². The number of non-ortho nitro benzene ring substituents is 1. The Hall–Kier alpha value is -4.81. The minimum absolute atomic E-state index is 0.00882. The lowest BCUT2D eigenvalue weighted by atomic mass is 9.53. The van der Waals surface area contributed by atoms with E-state index in [9.17, 15) is 20.0 Å². The Kier molecular flexibility index (Phi) is 10.7. The van der Waals surface area contributed by atoms with E-state index in [1.807, 2.05) is 48.5 Å². The summed E-state index contributed by atoms with van der Waals surface area (Å²) in [6.07, 6.45) is 7.29. The number of ether oxygens (including phenoxy) is 2. The minimum Gasteiger partial charge on any atom is -0.392 e. The van der Waals surface area contributed by atoms with Gasteiger partial charge in [0.05, 0.1) is 23.7 Å². The van der Waals surface area contributed by atoms with Crippen molar-refractivity contribution in [2.45, 2.75) is 82.1 Å². The van der Waals surface area contributed by atoms with Gasteiger partial charge in [0.1, 0.15) is 0 Å². The largest absolute Gasteiger partial charge is 0.392 e. The fourth-order valence-corrected chi connectivity index (χ4v) is 10.8. The van der Waals surface area contributed by atoms with Gasteiger partial charge in [-0.05, 0) is 108 Å². The normalized spacial score (nSPS) is 28.3. The number of nitrogens with one attached hydrogen (secondary N) is 2. The fourth-order valence-electron chi connectivity index (χ4n) is 10.8. The maximum atomic E-state index is 13.2. The van der Waals surface area contributed by atoms with Crippen LogP contribution < -0.4 is 15.5 Å². The Morgan fingerprint density at radius 2 is 1.44 bits per heavy atom. The number of carbonyl (C=O) groups excluding carboxylic acids is 1. The number of piperazine rings is 1. The number of aliphatic hydroxyl groups excluding tert-OH is 1. The molecule has 2 heterocycles. The summed E-state index contributed by atoms with van der Waals surface area (Å²) in [5.41, 5.74) is 7.09. The first-order valence-corrected chi connectivity index (χ1v) is 20.7. The number of amides is 2. The summed E-state index contributed by atoms with van der Waals surface area (Å²) >= 11 is 0. The molecule has 6 aliphatic rings. The molecule has 6 fully saturated rings. The highest BCUT2D eigenvalue weighted by Crippen LogP contribution is 2.55. The molecule has 0 unspecified atom stereocenters. The van der Waals surface area contributed by atoms with Gasteiger partial charge in [-0.3, -0.25) is 15.0 Å². The van der Waals surface area contributed by atoms with Gasteiger partial charge in [-0.2, -0.15) is 0 Å². The number of nitro groups is 1. The van der Waals surface area contributed by atoms with Gasteiger partial charge in [-0.25, -0.2) is 4.79 Å². The van der Waals surface area contributed by atoms with Crippen LogP contribution in [0.1, 0.15) is 79.6 Å². The lowest BCUT2D eigenvalue weighted by Crippen LogP contribution is -2.61. The van der Waals surface area contributed by atoms with Crippen molar-refractivity contribution in [2.75, 3.05) is 37.6 Å². The van der Waals surface area contributed by atoms with Crippen LogP contribution in [0.2, 0.25) is 0 Å². The zero-order valence-corrected chi connectivity index (χ0v) is 32.4. The van der Waals surface area contributed by atoms with Gasteiger partial charge in [-0.1, -0.05) is 60.7 Å². The predicted octanol–water partition coefficient (Wildman–Crippen LogP) is 7.89. The maximum absolute atomic E-state index is 13.2. The van der Waals surface area contributed by atoms with Crippen molar-refractivity contribution in [2.24, 2.45) is 17.8 Å². The second-order valence-electron chi connectivity index (χ2n) is 17.2. The standard InChI is InChI=1S/C46H53N5O6/c52-30-31-7-9-36(10-8-31)43-24-42(29-49-15-17-50(18-16-49)40-11-13-41(14-12-40)51(54)55)56-44(57-43)39-6-2-5-38(23-39)37-4-1-3-32(22-37)28-47-45(53)48-46-25-33-19-34(26-46)21-35(20-33)27-46/h1-14,22-23,33-35,42-44,52H,15-21,24-30H2,(H2,47,48,53)/t33?,34?,35?,42-,43+,44+,46?/m1/s1. The van der Waals surface area contributed by atoms with Gasteiger partial charge in [0, 0.05) is 74.6 Å². The molecule has 0 radical (unpaired) electrons. The van der Waals surface area contributed by atoms with Crippen molar-refractivity contribution >= 4 is 17.4 Å². The number of hydrogen-bond donors (Lipinski definition) is 3. The number of urea groups is 1. The quantitative estimate of drug-likeness (QED) is 0.104. The average Bonchev–Trinajstić information content (AvgIpc) is 3.23. The monoisotopic (exact) mass is 771 g/mol. The number of aliphatic hydroxyl groups is 1. The van der Waals surface area contributed by atoms with Gasteiger partial charge in [0.15, 0.2) is 6.29 Å². The number of nitrogens with zero attached hydrogens (tertiary/aromatic N) is 3. The summed E-state index contributed by atoms with van der Waals surface area (Å²) in [4.78, 5) is 28.7. The number of rotatable bonds is 11. The Morgan fingerprint density at radius 3 is 2.11 bits per heavy atom. The summed E-state index contributed by atoms with van der Waals surface area (Å²) < 4.78 is 13.5. The molecule has 2 saturated heterocycles. The van der Waals surface area contributed by atoms with Gasteiger partial charge >= 0.3 is 6.03 Å². The number of carbonyl (C=O) groups is 1. The summed E-state index contributed by atoms with van der Waals surface area (Å²) in [5, 5.41) is 27.4. The molecule has 57 heavy (non-hydrogen) atoms. The Balaban J connectivity index is 0.861. The van der Waals surface area contributed by atoms with E-state index >= 15 is 0 Å². The van der Waals surface area contributed by atoms with Crippen LogP contribution in [0.4, 0.5) is 16.2 Å². The van der Waals surface area contributed by atoms with E-state index in [1.54, 1.807) is 12.1 Å². The van der Waals surface area contributed by atoms with Crippen LogP contribution >= 0.6 is 0 Å². The third kappa shape index (κ3) is 8.57. The van der Waals surface area contributed by atoms with Gasteiger partial charge in [0.2, 0.25) is 0 Å². The minimum atomic E-state index is -0.578. The second kappa shape index (κ2) is 16.2. The molecular weight excluding hydrogens is 719 g/mol. The smallest absolute Gasteiger partial charge is 0.315 e. The van der Waals surface area contributed by atoms with Crippen molar-refractivity contribution in [3.63, 3.8) is 0 Å². The molecule has 0 spiro atoms. The predicted molar refractivity (Wildman–Crippen MR) is 218 cm³/mol. The molecule has 4 saturated carbocycles. The third-order valence-corrected chi connectivity index (χ3v) is 13.2. The van der Waals surface area contributed by atoms with E-state index in [1.165, 1.54) is 19.3 Å². The summed E-state index contributed by atoms with van der Waals surface area (Å²) in [7, 11) is 0. The van der Waals surface area contributed by atoms with Crippen molar-refractivity contribution in [1.82, 2.24) is 15.5 Å². The first kappa shape index (κ1) is 37.7. The lowest BCUT2D eigenvalue weighted by molar-refractivity contribution is -0.384. The molecule has 3 atom stereocenters. The fraction of sp³-hybridized carbons (Fsp3) is 0.457. The molecule has 2 amide bonds. The highest BCUT2D eigenvalue weighted by molar-refractivity contribution is 5.75. The number of nitro benzene ring substituents is 1. The Bertz CT molecular complexity index is 2010. The summed E-state index contributed by atoms with van der Waals surface area (Å²) in [5.74, 6) is 2.34. The van der Waals surface area contributed by atoms with E-state index in [-0.39, 0.29) is 41.0 Å². The zero-order valence-electron chi connectivity index (χ0n) is 32.4. The highest BCUT2D eigenvalue weighted by Gasteiger charge is 2.51. The zero-order chi connectivity index (χ0) is 38.9. The third-order valence-electron chi connectivity index (χ3n) is 13.2. The van der Waals surface area contributed by atoms with E-state index in [0.717, 1.165) is 109 Å². The van der Waals surface area contributed by atoms with Gasteiger partial charge < -0.3 is 30.1 Å². The first-order valence-electron chi connectivity index (χ1n) is 20.7. The lowest BCUT2D eigenvalue weighted by Gasteiger charge is -2.56. The number of hydrogen-bond acceptors (Lipinski definition) is 8. The van der Waals surface area contributed by atoms with E-state index in [0.29, 0.717) is 13.0 Å². The molecule has 3 N–H and O–H groups in total. The summed E-state index contributed by atoms with van der Waals surface area (Å²) in [6, 6.07) is 31.4. The van der Waals surface area contributed by atoms with Crippen LogP contribution in [-0.4, -0.2) is 65.3 Å². The Labute approximate surface area is 334 Å². The SMILES string of the molecule is O=C(NCc1cccc(-c2cccc([C@H]3O[C@@H](CN4CCN(c5ccc([N+](=O)[O-])cc5)CC4)C[C@@H](c4ccc(CO)cc4)O3)c2)c1)NC12CC3CC(CC(C3)C1)C2. The molecule has 4 bridgehead atoms. The van der Waals surface area contributed by atoms with Crippen LogP contribution in [0.25, 0.3) is 11.1 Å². The van der Waals surface area contributed by atoms with E-state index in [2.05, 4.69) is 56.8 Å². The molecule has 4 aromatic rings. The van der Waals surface area contributed by atoms with E-state index in [4.69, 9.17) is 9.47 Å². The average molecular weight is 772 g/mol. The van der Waals surface area contributed by atoms with E-state index < -0.39 is 6.29 Å². The maximum Gasteiger partial charge on any atom is 0.315 e. The first-order chi connectivity index (χ1) is 27.8. The highest BCUT2D eigenvalue weighted by atomic mass is 16.7. The second-order valence-corrected chi connectivity index (χ2v) is 17.2. The van der Waals surface area contributed by atoms with Gasteiger partial charge in [-0.15, -0.1) is 0 Å². The molecule has 4 aromatic carbocycles. The molecule has 11 nitrogen and oxygen atoms in total. The number of benzene rings is 4. The van der Waals surface area contributed by atoms with Crippen molar-refractivity contribution in [3.05, 3.63) is 129 Å². The van der Waals surface area contributed by atoms with Crippen LogP contribution in [-0.2, 0) is 22.6 Å². The molecular formula is C46H53N5O6. The number of anilines is 1. The van der Waals surface area contributed by atoms with Crippen LogP contribution in [0.5, 0.6) is 0 Å². The molecule has 2 aliphatic heterocycles. The molecule has 10 rings (SSSR count). The van der Waals surface area contributed by atoms with Crippen LogP contribution in [0.15, 0.2) is 97.1 Å². The molecule has 4 aliphatic carbocycles. The Morgan fingerprint density at radius 1 is 0.772 bits per heavy atom. The summed E-state index contributed by atoms with van der Waals surface area (Å²) in [6.45, 7) is 4.54. The van der Waals surface area contributed by atoms with Crippen molar-refractivity contribution in [1.29, 1.82) is 0 Å². The van der Waals surface area contributed by atoms with Crippen molar-refractivity contribution in [3.8, 4) is 11.1 Å². The topological polar surface area (TPSA) is 129 Å². The molecule has 0 aromatic heterocycles. The molecule has 11 heteroatoms. The molecule has 298 valence electrons. The van der Waals surface area contributed by atoms with Gasteiger partial charge in [0.25, 0.3) is 5.69 Å². The van der Waals surface area contributed by atoms with Crippen LogP contribution in [0, 0.1) is 27.9 Å². The van der Waals surface area contributed by atoms with Crippen molar-refractivity contribution < 1.29 is 24.3 Å².